The summed E-state index contributed by atoms with van der Waals surface area (Å²) in [5, 5.41) is 0. The van der Waals surface area contributed by atoms with Gasteiger partial charge in [-0.05, 0) is 26.5 Å². The lowest BCUT2D eigenvalue weighted by Gasteiger charge is -2.18. The van der Waals surface area contributed by atoms with Crippen molar-refractivity contribution in [3.63, 3.8) is 0 Å². The van der Waals surface area contributed by atoms with Crippen LogP contribution in [-0.2, 0) is 4.74 Å². The van der Waals surface area contributed by atoms with Crippen LogP contribution in [0.5, 0.6) is 0 Å². The van der Waals surface area contributed by atoms with E-state index in [1.165, 1.54) is 0 Å². The molecule has 2 N–H and O–H groups in total. The fourth-order valence-corrected chi connectivity index (χ4v) is 2.71. The number of nitrogens with two attached hydrogens (primary N) is 1. The molecule has 0 saturated carbocycles. The topological polar surface area (TPSA) is 70.1 Å². The van der Waals surface area contributed by atoms with Gasteiger partial charge in [0.05, 0.1) is 6.61 Å². The van der Waals surface area contributed by atoms with Gasteiger partial charge in [0.25, 0.3) is 0 Å². The molecule has 0 aliphatic heterocycles. The Hall–Kier alpha value is -1.17. The van der Waals surface area contributed by atoms with E-state index in [0.717, 1.165) is 18.0 Å². The van der Waals surface area contributed by atoms with E-state index in [9.17, 15) is 4.79 Å². The first-order valence-corrected chi connectivity index (χ1v) is 7.46. The molecule has 0 aliphatic carbocycles. The van der Waals surface area contributed by atoms with Gasteiger partial charge in [-0.25, -0.2) is 9.78 Å². The second-order valence-corrected chi connectivity index (χ2v) is 4.91. The van der Waals surface area contributed by atoms with Gasteiger partial charge in [0.1, 0.15) is 11.6 Å². The highest BCUT2D eigenvalue weighted by Crippen LogP contribution is 2.25. The van der Waals surface area contributed by atoms with E-state index in [0.29, 0.717) is 12.4 Å². The Morgan fingerprint density at radius 1 is 1.56 bits per heavy atom. The number of imidazole rings is 1. The highest BCUT2D eigenvalue weighted by Gasteiger charge is 2.23. The van der Waals surface area contributed by atoms with E-state index in [1.54, 1.807) is 18.7 Å². The summed E-state index contributed by atoms with van der Waals surface area (Å²) in [4.78, 5) is 16.0. The van der Waals surface area contributed by atoms with Crippen LogP contribution in [-0.4, -0.2) is 34.1 Å². The minimum atomic E-state index is -0.448. The lowest BCUT2D eigenvalue weighted by molar-refractivity contribution is 0.0521. The van der Waals surface area contributed by atoms with Crippen LogP contribution in [0.1, 0.15) is 42.6 Å². The molecule has 1 aromatic heterocycles. The molecule has 5 nitrogen and oxygen atoms in total. The van der Waals surface area contributed by atoms with Gasteiger partial charge >= 0.3 is 5.97 Å². The third kappa shape index (κ3) is 2.98. The first-order chi connectivity index (χ1) is 8.56. The average molecular weight is 271 g/mol. The number of ether oxygens (including phenoxy) is 1. The third-order valence-corrected chi connectivity index (χ3v) is 3.51. The summed E-state index contributed by atoms with van der Waals surface area (Å²) in [6.45, 7) is 6.05. The molecule has 1 unspecified atom stereocenters. The minimum absolute atomic E-state index is 0.230. The van der Waals surface area contributed by atoms with Gasteiger partial charge in [-0.3, -0.25) is 0 Å². The summed E-state index contributed by atoms with van der Waals surface area (Å²) in [6.07, 6.45) is 3.00. The van der Waals surface area contributed by atoms with E-state index >= 15 is 0 Å². The summed E-state index contributed by atoms with van der Waals surface area (Å²) in [7, 11) is 0. The van der Waals surface area contributed by atoms with Crippen LogP contribution in [0, 0.1) is 6.92 Å². The quantitative estimate of drug-likeness (QED) is 0.804. The van der Waals surface area contributed by atoms with Crippen LogP contribution < -0.4 is 5.73 Å². The maximum Gasteiger partial charge on any atom is 0.360 e. The van der Waals surface area contributed by atoms with Crippen LogP contribution in [0.3, 0.4) is 0 Å². The Kier molecular flexibility index (Phi) is 5.53. The van der Waals surface area contributed by atoms with Gasteiger partial charge < -0.3 is 15.0 Å². The normalized spacial score (nSPS) is 12.4. The fourth-order valence-electron chi connectivity index (χ4n) is 1.94. The van der Waals surface area contributed by atoms with Crippen LogP contribution >= 0.6 is 11.8 Å². The molecule has 1 aromatic rings. The minimum Gasteiger partial charge on any atom is -0.461 e. The number of carbonyl (C=O) groups is 1. The van der Waals surface area contributed by atoms with Crippen molar-refractivity contribution in [2.45, 2.75) is 33.2 Å². The smallest absolute Gasteiger partial charge is 0.360 e. The molecule has 0 spiro atoms. The van der Waals surface area contributed by atoms with Crippen molar-refractivity contribution < 1.29 is 9.53 Å². The molecule has 18 heavy (non-hydrogen) atoms. The monoisotopic (exact) mass is 271 g/mol. The molecule has 0 radical (unpaired) electrons. The molecule has 6 heteroatoms. The van der Waals surface area contributed by atoms with Crippen molar-refractivity contribution in [2.75, 3.05) is 24.3 Å². The van der Waals surface area contributed by atoms with Crippen molar-refractivity contribution in [2.24, 2.45) is 0 Å². The number of nitrogen functional groups attached to an aromatic ring is 1. The SMILES string of the molecule is CCOC(=O)c1nc(C)n(C(CC)CSC)c1N. The van der Waals surface area contributed by atoms with Crippen molar-refractivity contribution in [3.8, 4) is 0 Å². The number of aromatic nitrogens is 2. The number of hydrogen-bond donors (Lipinski definition) is 1. The number of nitrogens with zero attached hydrogens (tertiary/aromatic N) is 2. The molecule has 0 amide bonds. The number of aryl methyl sites for hydroxylation is 1. The Bertz CT molecular complexity index is 418. The number of anilines is 1. The molecular formula is C12H21N3O2S. The van der Waals surface area contributed by atoms with Gasteiger partial charge in [0.2, 0.25) is 0 Å². The number of thioether (sulfide) groups is 1. The second-order valence-electron chi connectivity index (χ2n) is 4.00. The first kappa shape index (κ1) is 14.9. The Morgan fingerprint density at radius 2 is 2.22 bits per heavy atom. The van der Waals surface area contributed by atoms with Gasteiger partial charge in [-0.15, -0.1) is 0 Å². The lowest BCUT2D eigenvalue weighted by Crippen LogP contribution is -2.16. The van der Waals surface area contributed by atoms with E-state index in [2.05, 4.69) is 18.2 Å². The predicted octanol–water partition coefficient (Wildman–Crippen LogP) is 2.26. The van der Waals surface area contributed by atoms with E-state index < -0.39 is 5.97 Å². The molecule has 1 atom stereocenters. The maximum atomic E-state index is 11.7. The van der Waals surface area contributed by atoms with Gasteiger partial charge in [0, 0.05) is 11.8 Å². The summed E-state index contributed by atoms with van der Waals surface area (Å²) >= 11 is 1.75. The Morgan fingerprint density at radius 3 is 2.72 bits per heavy atom. The van der Waals surface area contributed by atoms with Crippen molar-refractivity contribution in [1.29, 1.82) is 0 Å². The number of rotatable bonds is 6. The summed E-state index contributed by atoms with van der Waals surface area (Å²) in [5.74, 6) is 1.67. The zero-order valence-corrected chi connectivity index (χ0v) is 12.2. The van der Waals surface area contributed by atoms with Crippen LogP contribution in [0.2, 0.25) is 0 Å². The number of esters is 1. The largest absolute Gasteiger partial charge is 0.461 e. The molecule has 1 rings (SSSR count). The lowest BCUT2D eigenvalue weighted by atomic mass is 10.2. The van der Waals surface area contributed by atoms with Gasteiger partial charge in [-0.2, -0.15) is 11.8 Å². The molecule has 0 aromatic carbocycles. The van der Waals surface area contributed by atoms with Gasteiger partial charge in [0.15, 0.2) is 5.69 Å². The average Bonchev–Trinajstić information content (AvgIpc) is 2.63. The van der Waals surface area contributed by atoms with Crippen molar-refractivity contribution in [1.82, 2.24) is 9.55 Å². The second kappa shape index (κ2) is 6.68. The molecule has 0 bridgehead atoms. The van der Waals surface area contributed by atoms with Crippen molar-refractivity contribution in [3.05, 3.63) is 11.5 Å². The van der Waals surface area contributed by atoms with E-state index in [4.69, 9.17) is 10.5 Å². The summed E-state index contributed by atoms with van der Waals surface area (Å²) in [6, 6.07) is 0.260. The summed E-state index contributed by atoms with van der Waals surface area (Å²) in [5.41, 5.74) is 6.26. The maximum absolute atomic E-state index is 11.7. The highest BCUT2D eigenvalue weighted by atomic mass is 32.2. The standard InChI is InChI=1S/C12H21N3O2S/c1-5-9(7-18-4)15-8(3)14-10(11(15)13)12(16)17-6-2/h9H,5-7,13H2,1-4H3. The zero-order chi connectivity index (χ0) is 13.7. The Balaban J connectivity index is 3.10. The van der Waals surface area contributed by atoms with Crippen LogP contribution in [0.15, 0.2) is 0 Å². The molecule has 0 saturated heterocycles. The Labute approximate surface area is 112 Å². The summed E-state index contributed by atoms with van der Waals surface area (Å²) < 4.78 is 6.88. The highest BCUT2D eigenvalue weighted by molar-refractivity contribution is 7.98. The van der Waals surface area contributed by atoms with Crippen LogP contribution in [0.25, 0.3) is 0 Å². The van der Waals surface area contributed by atoms with Crippen molar-refractivity contribution >= 4 is 23.5 Å². The number of hydrogen-bond acceptors (Lipinski definition) is 5. The third-order valence-electron chi connectivity index (χ3n) is 2.79. The number of carbonyl (C=O) groups excluding carboxylic acids is 1. The zero-order valence-electron chi connectivity index (χ0n) is 11.4. The first-order valence-electron chi connectivity index (χ1n) is 6.07. The molecule has 0 aliphatic rings. The molecule has 1 heterocycles. The van der Waals surface area contributed by atoms with Crippen LogP contribution in [0.4, 0.5) is 5.82 Å². The van der Waals surface area contributed by atoms with E-state index in [1.807, 2.05) is 11.5 Å². The predicted molar refractivity (Wildman–Crippen MR) is 75.0 cm³/mol. The molecule has 0 fully saturated rings. The van der Waals surface area contributed by atoms with E-state index in [-0.39, 0.29) is 11.7 Å². The van der Waals surface area contributed by atoms with Gasteiger partial charge in [-0.1, -0.05) is 6.92 Å². The molecule has 102 valence electrons. The fraction of sp³-hybridized carbons (Fsp3) is 0.667. The molecular weight excluding hydrogens is 250 g/mol.